The van der Waals surface area contributed by atoms with Gasteiger partial charge in [-0.05, 0) is 60.0 Å². The van der Waals surface area contributed by atoms with Gasteiger partial charge in [0.25, 0.3) is 5.91 Å². The number of para-hydroxylation sites is 1. The van der Waals surface area contributed by atoms with E-state index in [-0.39, 0.29) is 16.8 Å². The van der Waals surface area contributed by atoms with E-state index in [9.17, 15) is 14.0 Å². The lowest BCUT2D eigenvalue weighted by atomic mass is 9.97. The van der Waals surface area contributed by atoms with Crippen molar-refractivity contribution in [1.29, 1.82) is 0 Å². The van der Waals surface area contributed by atoms with Crippen LogP contribution in [0, 0.1) is 11.7 Å². The monoisotopic (exact) mass is 473 g/mol. The van der Waals surface area contributed by atoms with E-state index in [1.165, 1.54) is 36.3 Å². The molecule has 35 heavy (non-hydrogen) atoms. The summed E-state index contributed by atoms with van der Waals surface area (Å²) in [7, 11) is 1.54. The smallest absolute Gasteiger partial charge is 0.295 e. The van der Waals surface area contributed by atoms with E-state index in [2.05, 4.69) is 0 Å². The summed E-state index contributed by atoms with van der Waals surface area (Å²) >= 11 is 0. The number of anilines is 1. The number of rotatable bonds is 6. The minimum atomic E-state index is -0.795. The Morgan fingerprint density at radius 2 is 1.74 bits per heavy atom. The van der Waals surface area contributed by atoms with E-state index < -0.39 is 17.8 Å². The fourth-order valence-electron chi connectivity index (χ4n) is 4.33. The molecule has 3 aromatic carbocycles. The molecule has 0 fully saturated rings. The molecule has 0 N–H and O–H groups in total. The van der Waals surface area contributed by atoms with E-state index in [0.29, 0.717) is 46.2 Å². The van der Waals surface area contributed by atoms with Crippen molar-refractivity contribution in [3.05, 3.63) is 99.7 Å². The van der Waals surface area contributed by atoms with Gasteiger partial charge in [-0.1, -0.05) is 32.0 Å². The van der Waals surface area contributed by atoms with Crippen LogP contribution in [0.15, 0.2) is 75.9 Å². The Labute approximate surface area is 201 Å². The predicted molar refractivity (Wildman–Crippen MR) is 131 cm³/mol. The van der Waals surface area contributed by atoms with Crippen molar-refractivity contribution in [2.75, 3.05) is 18.6 Å². The highest BCUT2D eigenvalue weighted by Gasteiger charge is 2.44. The van der Waals surface area contributed by atoms with Crippen LogP contribution in [0.25, 0.3) is 11.0 Å². The quantitative estimate of drug-likeness (QED) is 0.358. The van der Waals surface area contributed by atoms with Gasteiger partial charge in [0.15, 0.2) is 16.9 Å². The Hall–Kier alpha value is -4.13. The van der Waals surface area contributed by atoms with Gasteiger partial charge in [-0.25, -0.2) is 4.39 Å². The van der Waals surface area contributed by atoms with Gasteiger partial charge in [0.1, 0.15) is 11.4 Å². The zero-order chi connectivity index (χ0) is 24.7. The number of hydrogen-bond acceptors (Lipinski definition) is 5. The summed E-state index contributed by atoms with van der Waals surface area (Å²) < 4.78 is 31.1. The lowest BCUT2D eigenvalue weighted by molar-refractivity contribution is 0.0971. The second-order valence-corrected chi connectivity index (χ2v) is 8.84. The first-order valence-electron chi connectivity index (χ1n) is 11.3. The van der Waals surface area contributed by atoms with Crippen LogP contribution in [0.2, 0.25) is 0 Å². The topological polar surface area (TPSA) is 69.0 Å². The van der Waals surface area contributed by atoms with E-state index in [4.69, 9.17) is 13.9 Å². The molecule has 5 rings (SSSR count). The summed E-state index contributed by atoms with van der Waals surface area (Å²) in [6.07, 6.45) is 0. The average Bonchev–Trinajstić information content (AvgIpc) is 3.15. The molecule has 2 heterocycles. The van der Waals surface area contributed by atoms with Crippen molar-refractivity contribution in [3.63, 3.8) is 0 Å². The van der Waals surface area contributed by atoms with Gasteiger partial charge in [-0.3, -0.25) is 14.5 Å². The minimum absolute atomic E-state index is 0.0258. The third-order valence-electron chi connectivity index (χ3n) is 5.96. The third-order valence-corrected chi connectivity index (χ3v) is 5.96. The van der Waals surface area contributed by atoms with E-state index in [1.54, 1.807) is 42.5 Å². The standard InChI is InChI=1S/C28H24FNO5/c1-16(2)15-34-22-13-8-17(14-23(22)33-3)25-24-26(31)20-6-4-5-7-21(20)35-27(24)28(32)30(25)19-11-9-18(29)10-12-19/h4-14,16,25H,15H2,1-3H3. The van der Waals surface area contributed by atoms with Gasteiger partial charge in [0, 0.05) is 5.69 Å². The Balaban J connectivity index is 1.71. The van der Waals surface area contributed by atoms with Crippen molar-refractivity contribution < 1.29 is 23.1 Å². The molecule has 178 valence electrons. The number of halogens is 1. The molecular weight excluding hydrogens is 449 g/mol. The summed E-state index contributed by atoms with van der Waals surface area (Å²) in [6.45, 7) is 4.61. The van der Waals surface area contributed by atoms with E-state index >= 15 is 0 Å². The van der Waals surface area contributed by atoms with Gasteiger partial charge >= 0.3 is 0 Å². The molecule has 0 spiro atoms. The first-order chi connectivity index (χ1) is 16.9. The number of hydrogen-bond donors (Lipinski definition) is 0. The Bertz CT molecular complexity index is 1480. The first kappa shape index (κ1) is 22.7. The lowest BCUT2D eigenvalue weighted by Crippen LogP contribution is -2.29. The van der Waals surface area contributed by atoms with Crippen LogP contribution in [-0.2, 0) is 0 Å². The molecule has 1 aromatic heterocycles. The van der Waals surface area contributed by atoms with Crippen LogP contribution in [0.4, 0.5) is 10.1 Å². The summed E-state index contributed by atoms with van der Waals surface area (Å²) in [5.74, 6) is 0.440. The maximum atomic E-state index is 13.7. The molecule has 6 nitrogen and oxygen atoms in total. The second kappa shape index (κ2) is 8.91. The molecule has 1 amide bonds. The minimum Gasteiger partial charge on any atom is -0.493 e. The van der Waals surface area contributed by atoms with Gasteiger partial charge in [0.05, 0.1) is 30.7 Å². The molecular formula is C28H24FNO5. The normalized spacial score (nSPS) is 15.1. The number of nitrogens with zero attached hydrogens (tertiary/aromatic N) is 1. The second-order valence-electron chi connectivity index (χ2n) is 8.84. The number of ether oxygens (including phenoxy) is 2. The molecule has 1 atom stereocenters. The summed E-state index contributed by atoms with van der Waals surface area (Å²) in [6, 6.07) is 16.9. The number of amides is 1. The molecule has 0 saturated carbocycles. The lowest BCUT2D eigenvalue weighted by Gasteiger charge is -2.26. The highest BCUT2D eigenvalue weighted by atomic mass is 19.1. The van der Waals surface area contributed by atoms with E-state index in [1.807, 2.05) is 13.8 Å². The maximum Gasteiger partial charge on any atom is 0.295 e. The largest absolute Gasteiger partial charge is 0.493 e. The molecule has 0 aliphatic carbocycles. The number of methoxy groups -OCH3 is 1. The van der Waals surface area contributed by atoms with Crippen LogP contribution in [-0.4, -0.2) is 19.6 Å². The molecule has 0 bridgehead atoms. The van der Waals surface area contributed by atoms with Crippen LogP contribution in [0.5, 0.6) is 11.5 Å². The van der Waals surface area contributed by atoms with Crippen molar-refractivity contribution in [2.24, 2.45) is 5.92 Å². The van der Waals surface area contributed by atoms with Crippen LogP contribution in [0.3, 0.4) is 0 Å². The molecule has 0 saturated heterocycles. The molecule has 7 heteroatoms. The zero-order valence-electron chi connectivity index (χ0n) is 19.6. The van der Waals surface area contributed by atoms with Gasteiger partial charge in [0.2, 0.25) is 5.76 Å². The summed E-state index contributed by atoms with van der Waals surface area (Å²) in [4.78, 5) is 28.7. The highest BCUT2D eigenvalue weighted by Crippen LogP contribution is 2.43. The Morgan fingerprint density at radius 1 is 1.00 bits per heavy atom. The fourth-order valence-corrected chi connectivity index (χ4v) is 4.33. The summed E-state index contributed by atoms with van der Waals surface area (Å²) in [5, 5.41) is 0.383. The van der Waals surface area contributed by atoms with Crippen LogP contribution < -0.4 is 19.8 Å². The average molecular weight is 474 g/mol. The molecule has 4 aromatic rings. The SMILES string of the molecule is COc1cc(C2c3c(oc4ccccc4c3=O)C(=O)N2c2ccc(F)cc2)ccc1OCC(C)C. The van der Waals surface area contributed by atoms with Gasteiger partial charge in [-0.2, -0.15) is 0 Å². The zero-order valence-corrected chi connectivity index (χ0v) is 19.6. The van der Waals surface area contributed by atoms with Crippen molar-refractivity contribution in [3.8, 4) is 11.5 Å². The number of fused-ring (bicyclic) bond motifs is 2. The van der Waals surface area contributed by atoms with Crippen molar-refractivity contribution in [2.45, 2.75) is 19.9 Å². The summed E-state index contributed by atoms with van der Waals surface area (Å²) in [5.41, 5.74) is 1.35. The molecule has 1 aliphatic rings. The third kappa shape index (κ3) is 3.93. The predicted octanol–water partition coefficient (Wildman–Crippen LogP) is 5.73. The molecule has 1 aliphatic heterocycles. The van der Waals surface area contributed by atoms with Crippen molar-refractivity contribution in [1.82, 2.24) is 0 Å². The van der Waals surface area contributed by atoms with Gasteiger partial charge < -0.3 is 13.9 Å². The Morgan fingerprint density at radius 3 is 2.46 bits per heavy atom. The number of carbonyl (C=O) groups excluding carboxylic acids is 1. The molecule has 0 radical (unpaired) electrons. The maximum absolute atomic E-state index is 13.7. The van der Waals surface area contributed by atoms with Crippen molar-refractivity contribution >= 4 is 22.6 Å². The van der Waals surface area contributed by atoms with E-state index in [0.717, 1.165) is 0 Å². The molecule has 1 unspecified atom stereocenters. The first-order valence-corrected chi connectivity index (χ1v) is 11.3. The highest BCUT2D eigenvalue weighted by molar-refractivity contribution is 6.10. The van der Waals surface area contributed by atoms with Crippen LogP contribution >= 0.6 is 0 Å². The number of benzene rings is 3. The van der Waals surface area contributed by atoms with Gasteiger partial charge in [-0.15, -0.1) is 0 Å². The number of carbonyl (C=O) groups is 1. The Kier molecular flexibility index (Phi) is 5.76. The van der Waals surface area contributed by atoms with Crippen LogP contribution in [0.1, 0.15) is 41.6 Å². The fraction of sp³-hybridized carbons (Fsp3) is 0.214.